The third kappa shape index (κ3) is 6.42. The van der Waals surface area contributed by atoms with Crippen molar-refractivity contribution < 1.29 is 53.9 Å². The van der Waals surface area contributed by atoms with Gasteiger partial charge in [-0.05, 0) is 37.0 Å². The number of carboxylic acid groups (broad SMARTS) is 1. The van der Waals surface area contributed by atoms with Crippen LogP contribution in [0.4, 0.5) is 0 Å². The summed E-state index contributed by atoms with van der Waals surface area (Å²) in [6, 6.07) is 5.82. The Morgan fingerprint density at radius 1 is 1.17 bits per heavy atom. The Hall–Kier alpha value is -0.530. The number of hydrogen-bond acceptors (Lipinski definition) is 4. The van der Waals surface area contributed by atoms with Crippen molar-refractivity contribution in [1.82, 2.24) is 0 Å². The average molecular weight is 282 g/mol. The number of carbonyl (C=O) groups is 2. The van der Waals surface area contributed by atoms with Gasteiger partial charge >= 0.3 is 41.5 Å². The van der Waals surface area contributed by atoms with Crippen molar-refractivity contribution in [1.29, 1.82) is 0 Å². The molecule has 1 rings (SSSR count). The zero-order chi connectivity index (χ0) is 12.3. The third-order valence-electron chi connectivity index (χ3n) is 1.67. The van der Waals surface area contributed by atoms with Crippen molar-refractivity contribution in [3.8, 4) is 0 Å². The van der Waals surface area contributed by atoms with Gasteiger partial charge in [0.2, 0.25) is 0 Å². The van der Waals surface area contributed by atoms with Crippen LogP contribution >= 0.6 is 10.3 Å². The zero-order valence-electron chi connectivity index (χ0n) is 10.8. The zero-order valence-corrected chi connectivity index (χ0v) is 13.7. The molecule has 5 nitrogen and oxygen atoms in total. The molecule has 1 aromatic rings. The van der Waals surface area contributed by atoms with Crippen molar-refractivity contribution in [2.24, 2.45) is 0 Å². The summed E-state index contributed by atoms with van der Waals surface area (Å²) in [6.45, 7) is 0. The molecule has 0 unspecified atom stereocenters. The molecule has 0 radical (unpaired) electrons. The van der Waals surface area contributed by atoms with Crippen LogP contribution in [0.15, 0.2) is 24.3 Å². The normalized spacial score (nSPS) is 10.6. The first kappa shape index (κ1) is 19.8. The molecule has 1 aromatic carbocycles. The molecule has 0 atom stereocenters. The molecule has 0 fully saturated rings. The van der Waals surface area contributed by atoms with Gasteiger partial charge < -0.3 is 14.8 Å². The summed E-state index contributed by atoms with van der Waals surface area (Å²) in [7, 11) is -1.40. The summed E-state index contributed by atoms with van der Waals surface area (Å²) in [4.78, 5) is 22.4. The number of rotatable bonds is 3. The molecule has 0 saturated heterocycles. The van der Waals surface area contributed by atoms with Crippen molar-refractivity contribution in [2.75, 3.05) is 18.8 Å². The van der Waals surface area contributed by atoms with Gasteiger partial charge in [0.1, 0.15) is 0 Å². The number of carbonyl (C=O) groups excluding carboxylic acids is 1. The largest absolute Gasteiger partial charge is 1.00 e. The fourth-order valence-corrected chi connectivity index (χ4v) is 1.60. The van der Waals surface area contributed by atoms with Crippen LogP contribution < -0.4 is 29.6 Å². The van der Waals surface area contributed by atoms with Gasteiger partial charge in [0.15, 0.2) is 0 Å². The van der Waals surface area contributed by atoms with Crippen LogP contribution in [0.25, 0.3) is 0 Å². The molecular weight excluding hydrogens is 267 g/mol. The van der Waals surface area contributed by atoms with Crippen LogP contribution in [0.2, 0.25) is 0 Å². The summed E-state index contributed by atoms with van der Waals surface area (Å²) in [6.07, 6.45) is 5.52. The maximum Gasteiger partial charge on any atom is 1.00 e. The summed E-state index contributed by atoms with van der Waals surface area (Å²) < 4.78 is 5.21. The SMILES string of the molecule is CS(C)(C)OC(=O)c1cccc(C(=O)O)c1.[Na+].[OH-]. The summed E-state index contributed by atoms with van der Waals surface area (Å²) in [5, 5.41) is 8.78. The number of hydrogen-bond donors (Lipinski definition) is 1. The second-order valence-corrected chi connectivity index (χ2v) is 7.60. The molecule has 0 aliphatic heterocycles. The van der Waals surface area contributed by atoms with Gasteiger partial charge in [0.05, 0.1) is 11.1 Å². The first-order valence-electron chi connectivity index (χ1n) is 4.55. The Labute approximate surface area is 130 Å². The molecule has 0 aromatic heterocycles. The molecule has 0 heterocycles. The molecule has 2 N–H and O–H groups in total. The van der Waals surface area contributed by atoms with E-state index in [4.69, 9.17) is 9.29 Å². The van der Waals surface area contributed by atoms with Gasteiger partial charge in [0.25, 0.3) is 0 Å². The fourth-order valence-electron chi connectivity index (χ4n) is 1.05. The minimum atomic E-state index is -1.40. The van der Waals surface area contributed by atoms with E-state index in [1.54, 1.807) is 6.07 Å². The Kier molecular flexibility index (Phi) is 8.59. The van der Waals surface area contributed by atoms with Crippen molar-refractivity contribution in [3.05, 3.63) is 35.4 Å². The molecule has 7 heteroatoms. The van der Waals surface area contributed by atoms with Crippen molar-refractivity contribution in [2.45, 2.75) is 0 Å². The van der Waals surface area contributed by atoms with Crippen LogP contribution in [0, 0.1) is 0 Å². The smallest absolute Gasteiger partial charge is 0.870 e. The van der Waals surface area contributed by atoms with Crippen LogP contribution in [0.1, 0.15) is 20.7 Å². The standard InChI is InChI=1S/C11H14O4S.Na.H2O/c1-16(2,3)15-11(14)9-6-4-5-8(7-9)10(12)13;;/h4-7H,1-3H3,(H,12,13);;1H2/q;+1;/p-1. The van der Waals surface area contributed by atoms with Crippen LogP contribution in [-0.2, 0) is 4.18 Å². The number of benzene rings is 1. The molecule has 0 bridgehead atoms. The molecule has 0 aliphatic carbocycles. The quantitative estimate of drug-likeness (QED) is 0.716. The summed E-state index contributed by atoms with van der Waals surface area (Å²) >= 11 is 0. The fraction of sp³-hybridized carbons (Fsp3) is 0.273. The van der Waals surface area contributed by atoms with Gasteiger partial charge in [-0.25, -0.2) is 9.59 Å². The first-order valence-corrected chi connectivity index (χ1v) is 7.33. The van der Waals surface area contributed by atoms with Crippen molar-refractivity contribution >= 4 is 22.2 Å². The van der Waals surface area contributed by atoms with Crippen LogP contribution in [-0.4, -0.2) is 41.3 Å². The minimum Gasteiger partial charge on any atom is -0.870 e. The Morgan fingerprint density at radius 2 is 1.67 bits per heavy atom. The average Bonchev–Trinajstić information content (AvgIpc) is 2.15. The molecule has 0 aliphatic rings. The van der Waals surface area contributed by atoms with E-state index in [-0.39, 0.29) is 46.2 Å². The second kappa shape index (κ2) is 7.81. The molecule has 0 spiro atoms. The third-order valence-corrected chi connectivity index (χ3v) is 2.32. The molecule has 18 heavy (non-hydrogen) atoms. The summed E-state index contributed by atoms with van der Waals surface area (Å²) in [5.41, 5.74) is 0.348. The summed E-state index contributed by atoms with van der Waals surface area (Å²) in [5.74, 6) is -1.54. The van der Waals surface area contributed by atoms with E-state index < -0.39 is 22.2 Å². The Morgan fingerprint density at radius 3 is 2.11 bits per heavy atom. The molecule has 0 saturated carbocycles. The topological polar surface area (TPSA) is 93.6 Å². The number of aromatic carboxylic acids is 1. The Bertz CT molecular complexity index is 428. The molecule has 0 amide bonds. The van der Waals surface area contributed by atoms with Crippen LogP contribution in [0.3, 0.4) is 0 Å². The van der Waals surface area contributed by atoms with Crippen LogP contribution in [0.5, 0.6) is 0 Å². The first-order chi connectivity index (χ1) is 7.29. The molecular formula is C11H15NaO5S. The Balaban J connectivity index is 0. The van der Waals surface area contributed by atoms with E-state index in [9.17, 15) is 9.59 Å². The van der Waals surface area contributed by atoms with E-state index in [0.717, 1.165) is 0 Å². The van der Waals surface area contributed by atoms with E-state index in [0.29, 0.717) is 0 Å². The predicted molar refractivity (Wildman–Crippen MR) is 66.1 cm³/mol. The van der Waals surface area contributed by atoms with E-state index in [1.807, 2.05) is 18.8 Å². The minimum absolute atomic E-state index is 0. The predicted octanol–water partition coefficient (Wildman–Crippen LogP) is -1.02. The van der Waals surface area contributed by atoms with E-state index in [1.165, 1.54) is 18.2 Å². The van der Waals surface area contributed by atoms with Gasteiger partial charge in [-0.3, -0.25) is 0 Å². The van der Waals surface area contributed by atoms with E-state index in [2.05, 4.69) is 0 Å². The van der Waals surface area contributed by atoms with Crippen molar-refractivity contribution in [3.63, 3.8) is 0 Å². The molecule has 96 valence electrons. The van der Waals surface area contributed by atoms with Gasteiger partial charge in [-0.1, -0.05) is 16.4 Å². The maximum absolute atomic E-state index is 11.6. The van der Waals surface area contributed by atoms with E-state index >= 15 is 0 Å². The van der Waals surface area contributed by atoms with Gasteiger partial charge in [-0.15, -0.1) is 0 Å². The van der Waals surface area contributed by atoms with Gasteiger partial charge in [-0.2, -0.15) is 0 Å². The number of carboxylic acids is 1. The maximum atomic E-state index is 11.6. The van der Waals surface area contributed by atoms with Gasteiger partial charge in [0, 0.05) is 0 Å². The second-order valence-electron chi connectivity index (χ2n) is 3.98. The monoisotopic (exact) mass is 282 g/mol.